The van der Waals surface area contributed by atoms with Gasteiger partial charge in [0.2, 0.25) is 0 Å². The molecule has 1 aromatic carbocycles. The average Bonchev–Trinajstić information content (AvgIpc) is 3.08. The number of rotatable bonds is 2. The Labute approximate surface area is 89.9 Å². The van der Waals surface area contributed by atoms with Crippen molar-refractivity contribution < 1.29 is 4.79 Å². The summed E-state index contributed by atoms with van der Waals surface area (Å²) in [4.78, 5) is 13.1. The van der Waals surface area contributed by atoms with Crippen molar-refractivity contribution in [1.29, 1.82) is 0 Å². The van der Waals surface area contributed by atoms with E-state index >= 15 is 0 Å². The molecule has 1 aliphatic carbocycles. The Bertz CT molecular complexity index is 371. The number of fused-ring (bicyclic) bond motifs is 1. The average molecular weight is 201 g/mol. The highest BCUT2D eigenvalue weighted by atomic mass is 16.1. The molecular weight excluding hydrogens is 186 g/mol. The van der Waals surface area contributed by atoms with E-state index in [2.05, 4.69) is 17.0 Å². The van der Waals surface area contributed by atoms with Crippen LogP contribution in [0.25, 0.3) is 0 Å². The predicted molar refractivity (Wildman–Crippen MR) is 60.3 cm³/mol. The van der Waals surface area contributed by atoms with Gasteiger partial charge >= 0.3 is 0 Å². The van der Waals surface area contributed by atoms with E-state index in [1.54, 1.807) is 0 Å². The van der Waals surface area contributed by atoms with Crippen LogP contribution in [0.1, 0.15) is 29.6 Å². The van der Waals surface area contributed by atoms with Crippen molar-refractivity contribution in [2.45, 2.75) is 25.3 Å². The highest BCUT2D eigenvalue weighted by Gasteiger charge is 2.43. The van der Waals surface area contributed by atoms with Crippen molar-refractivity contribution in [3.8, 4) is 0 Å². The molecule has 0 N–H and O–H groups in total. The monoisotopic (exact) mass is 201 g/mol. The maximum absolute atomic E-state index is 10.6. The highest BCUT2D eigenvalue weighted by molar-refractivity contribution is 5.75. The lowest BCUT2D eigenvalue weighted by atomic mass is 10.1. The summed E-state index contributed by atoms with van der Waals surface area (Å²) >= 11 is 0. The Morgan fingerprint density at radius 2 is 2.07 bits per heavy atom. The summed E-state index contributed by atoms with van der Waals surface area (Å²) in [6, 6.07) is 8.76. The molecule has 0 spiro atoms. The minimum atomic E-state index is 0.767. The van der Waals surface area contributed by atoms with Gasteiger partial charge in [-0.05, 0) is 49.4 Å². The first-order valence-electron chi connectivity index (χ1n) is 5.70. The molecule has 1 aromatic rings. The fraction of sp³-hybridized carbons (Fsp3) is 0.462. The Morgan fingerprint density at radius 3 is 2.80 bits per heavy atom. The number of carbonyl (C=O) groups is 1. The normalized spacial score (nSPS) is 28.4. The van der Waals surface area contributed by atoms with Crippen LogP contribution in [0, 0.1) is 5.92 Å². The first-order valence-corrected chi connectivity index (χ1v) is 5.70. The molecule has 0 bridgehead atoms. The minimum absolute atomic E-state index is 0.767. The number of carbonyl (C=O) groups excluding carboxylic acids is 1. The third-order valence-electron chi connectivity index (χ3n) is 3.62. The second kappa shape index (κ2) is 3.37. The van der Waals surface area contributed by atoms with Crippen LogP contribution in [-0.2, 0) is 0 Å². The first-order chi connectivity index (χ1) is 7.38. The standard InChI is InChI=1S/C13H15NO/c15-9-10-3-5-12(6-4-10)14-7-1-2-11-8-13(11)14/h3-6,9,11,13H,1-2,7-8H2. The Kier molecular flexibility index (Phi) is 2.01. The SMILES string of the molecule is O=Cc1ccc(N2CCCC3CC32)cc1. The first kappa shape index (κ1) is 8.96. The van der Waals surface area contributed by atoms with Crippen LogP contribution in [0.4, 0.5) is 5.69 Å². The lowest BCUT2D eigenvalue weighted by Crippen LogP contribution is -2.31. The van der Waals surface area contributed by atoms with E-state index in [0.29, 0.717) is 0 Å². The molecule has 2 heteroatoms. The van der Waals surface area contributed by atoms with Gasteiger partial charge in [-0.25, -0.2) is 0 Å². The molecule has 2 aliphatic rings. The fourth-order valence-corrected chi connectivity index (χ4v) is 2.68. The lowest BCUT2D eigenvalue weighted by Gasteiger charge is -2.28. The molecule has 2 nitrogen and oxygen atoms in total. The Hall–Kier alpha value is -1.31. The minimum Gasteiger partial charge on any atom is -0.368 e. The molecule has 78 valence electrons. The van der Waals surface area contributed by atoms with E-state index in [9.17, 15) is 4.79 Å². The zero-order valence-electron chi connectivity index (χ0n) is 8.73. The molecule has 2 atom stereocenters. The molecule has 0 radical (unpaired) electrons. The van der Waals surface area contributed by atoms with Crippen molar-refractivity contribution in [2.24, 2.45) is 5.92 Å². The molecule has 1 saturated heterocycles. The number of piperidine rings is 1. The van der Waals surface area contributed by atoms with E-state index in [0.717, 1.165) is 23.8 Å². The molecule has 3 rings (SSSR count). The van der Waals surface area contributed by atoms with Crippen LogP contribution in [-0.4, -0.2) is 18.9 Å². The quantitative estimate of drug-likeness (QED) is 0.685. The number of nitrogens with zero attached hydrogens (tertiary/aromatic N) is 1. The Morgan fingerprint density at radius 1 is 1.27 bits per heavy atom. The molecule has 0 amide bonds. The molecule has 0 aromatic heterocycles. The summed E-state index contributed by atoms with van der Waals surface area (Å²) in [5.41, 5.74) is 2.05. The summed E-state index contributed by atoms with van der Waals surface area (Å²) in [6.07, 6.45) is 5.00. The van der Waals surface area contributed by atoms with Crippen LogP contribution < -0.4 is 4.90 Å². The van der Waals surface area contributed by atoms with E-state index in [4.69, 9.17) is 0 Å². The van der Waals surface area contributed by atoms with Gasteiger partial charge in [0.05, 0.1) is 0 Å². The van der Waals surface area contributed by atoms with Crippen molar-refractivity contribution in [3.63, 3.8) is 0 Å². The second-order valence-corrected chi connectivity index (χ2v) is 4.61. The van der Waals surface area contributed by atoms with Gasteiger partial charge < -0.3 is 4.90 Å². The van der Waals surface area contributed by atoms with Crippen molar-refractivity contribution in [2.75, 3.05) is 11.4 Å². The largest absolute Gasteiger partial charge is 0.368 e. The third-order valence-corrected chi connectivity index (χ3v) is 3.62. The molecule has 2 fully saturated rings. The maximum Gasteiger partial charge on any atom is 0.150 e. The van der Waals surface area contributed by atoms with E-state index < -0.39 is 0 Å². The molecule has 2 unspecified atom stereocenters. The fourth-order valence-electron chi connectivity index (χ4n) is 2.68. The molecule has 15 heavy (non-hydrogen) atoms. The van der Waals surface area contributed by atoms with Crippen LogP contribution in [0.3, 0.4) is 0 Å². The number of hydrogen-bond donors (Lipinski definition) is 0. The van der Waals surface area contributed by atoms with E-state index in [-0.39, 0.29) is 0 Å². The Balaban J connectivity index is 1.82. The van der Waals surface area contributed by atoms with E-state index in [1.807, 2.05) is 12.1 Å². The smallest absolute Gasteiger partial charge is 0.150 e. The third kappa shape index (κ3) is 1.54. The van der Waals surface area contributed by atoms with Crippen LogP contribution in [0.2, 0.25) is 0 Å². The summed E-state index contributed by atoms with van der Waals surface area (Å²) in [5, 5.41) is 0. The van der Waals surface area contributed by atoms with Crippen LogP contribution in [0.15, 0.2) is 24.3 Å². The van der Waals surface area contributed by atoms with Gasteiger partial charge in [0.15, 0.2) is 0 Å². The second-order valence-electron chi connectivity index (χ2n) is 4.61. The van der Waals surface area contributed by atoms with Crippen molar-refractivity contribution >= 4 is 12.0 Å². The van der Waals surface area contributed by atoms with Gasteiger partial charge in [0.1, 0.15) is 6.29 Å². The lowest BCUT2D eigenvalue weighted by molar-refractivity contribution is 0.112. The highest BCUT2D eigenvalue weighted by Crippen LogP contribution is 2.44. The van der Waals surface area contributed by atoms with Gasteiger partial charge in [-0.1, -0.05) is 0 Å². The van der Waals surface area contributed by atoms with Gasteiger partial charge in [-0.2, -0.15) is 0 Å². The predicted octanol–water partition coefficient (Wildman–Crippen LogP) is 2.49. The summed E-state index contributed by atoms with van der Waals surface area (Å²) in [5.74, 6) is 0.949. The topological polar surface area (TPSA) is 20.3 Å². The van der Waals surface area contributed by atoms with Crippen molar-refractivity contribution in [3.05, 3.63) is 29.8 Å². The number of benzene rings is 1. The molecular formula is C13H15NO. The zero-order valence-corrected chi connectivity index (χ0v) is 8.73. The number of anilines is 1. The molecule has 1 heterocycles. The van der Waals surface area contributed by atoms with Crippen molar-refractivity contribution in [1.82, 2.24) is 0 Å². The van der Waals surface area contributed by atoms with Gasteiger partial charge in [0, 0.05) is 23.8 Å². The number of aldehydes is 1. The van der Waals surface area contributed by atoms with Crippen LogP contribution >= 0.6 is 0 Å². The summed E-state index contributed by atoms with van der Waals surface area (Å²) < 4.78 is 0. The summed E-state index contributed by atoms with van der Waals surface area (Å²) in [7, 11) is 0. The zero-order chi connectivity index (χ0) is 10.3. The van der Waals surface area contributed by atoms with Gasteiger partial charge in [0.25, 0.3) is 0 Å². The maximum atomic E-state index is 10.6. The molecule has 1 saturated carbocycles. The number of hydrogen-bond acceptors (Lipinski definition) is 2. The summed E-state index contributed by atoms with van der Waals surface area (Å²) in [6.45, 7) is 1.18. The van der Waals surface area contributed by atoms with Crippen LogP contribution in [0.5, 0.6) is 0 Å². The van der Waals surface area contributed by atoms with E-state index in [1.165, 1.54) is 31.5 Å². The molecule has 1 aliphatic heterocycles. The van der Waals surface area contributed by atoms with Gasteiger partial charge in [-0.15, -0.1) is 0 Å². The van der Waals surface area contributed by atoms with Gasteiger partial charge in [-0.3, -0.25) is 4.79 Å².